The lowest BCUT2D eigenvalue weighted by atomic mass is 10.1. The minimum absolute atomic E-state index is 0.208. The summed E-state index contributed by atoms with van der Waals surface area (Å²) in [4.78, 5) is 16.5. The van der Waals surface area contributed by atoms with Crippen molar-refractivity contribution in [3.8, 4) is 0 Å². The topological polar surface area (TPSA) is 63.2 Å². The third-order valence-corrected chi connectivity index (χ3v) is 4.17. The molecule has 1 aliphatic rings. The molecule has 0 saturated carbocycles. The standard InChI is InChI=1S/C19H23N3O2/c1-2-14-5-7-15(8-6-14)22-19(23)18-12-16(9-10-20-18)21-13-17-4-3-11-24-17/h5-10,12,17H,2-4,11,13H2,1H3,(H,20,21)(H,22,23). The fourth-order valence-electron chi connectivity index (χ4n) is 2.72. The van der Waals surface area contributed by atoms with Crippen molar-refractivity contribution in [2.45, 2.75) is 32.3 Å². The number of pyridine rings is 1. The molecule has 1 fully saturated rings. The lowest BCUT2D eigenvalue weighted by molar-refractivity contribution is 0.102. The van der Waals surface area contributed by atoms with Gasteiger partial charge >= 0.3 is 0 Å². The minimum atomic E-state index is -0.208. The van der Waals surface area contributed by atoms with Crippen LogP contribution in [0.4, 0.5) is 11.4 Å². The molecule has 2 heterocycles. The van der Waals surface area contributed by atoms with Crippen molar-refractivity contribution in [1.82, 2.24) is 4.98 Å². The van der Waals surface area contributed by atoms with E-state index in [1.807, 2.05) is 30.3 Å². The number of rotatable bonds is 6. The van der Waals surface area contributed by atoms with Crippen molar-refractivity contribution in [3.05, 3.63) is 53.9 Å². The van der Waals surface area contributed by atoms with E-state index in [2.05, 4.69) is 22.5 Å². The summed E-state index contributed by atoms with van der Waals surface area (Å²) in [6.45, 7) is 3.70. The fourth-order valence-corrected chi connectivity index (χ4v) is 2.72. The third kappa shape index (κ3) is 4.32. The van der Waals surface area contributed by atoms with Crippen molar-refractivity contribution in [2.24, 2.45) is 0 Å². The molecule has 2 aromatic rings. The molecule has 1 aromatic carbocycles. The largest absolute Gasteiger partial charge is 0.382 e. The molecule has 1 saturated heterocycles. The van der Waals surface area contributed by atoms with E-state index < -0.39 is 0 Å². The molecular formula is C19H23N3O2. The molecule has 0 radical (unpaired) electrons. The monoisotopic (exact) mass is 325 g/mol. The highest BCUT2D eigenvalue weighted by Crippen LogP contribution is 2.15. The van der Waals surface area contributed by atoms with Gasteiger partial charge in [-0.2, -0.15) is 0 Å². The fraction of sp³-hybridized carbons (Fsp3) is 0.368. The lowest BCUT2D eigenvalue weighted by Crippen LogP contribution is -2.19. The molecule has 1 amide bonds. The molecule has 2 N–H and O–H groups in total. The van der Waals surface area contributed by atoms with Crippen LogP contribution >= 0.6 is 0 Å². The van der Waals surface area contributed by atoms with Crippen LogP contribution in [0.5, 0.6) is 0 Å². The summed E-state index contributed by atoms with van der Waals surface area (Å²) in [5, 5.41) is 6.20. The number of hydrogen-bond acceptors (Lipinski definition) is 4. The van der Waals surface area contributed by atoms with Crippen molar-refractivity contribution in [3.63, 3.8) is 0 Å². The summed E-state index contributed by atoms with van der Waals surface area (Å²) in [5.74, 6) is -0.208. The first-order valence-corrected chi connectivity index (χ1v) is 8.46. The molecule has 5 nitrogen and oxygen atoms in total. The van der Waals surface area contributed by atoms with Gasteiger partial charge in [0.1, 0.15) is 5.69 Å². The number of hydrogen-bond donors (Lipinski definition) is 2. The summed E-state index contributed by atoms with van der Waals surface area (Å²) in [6.07, 6.45) is 5.08. The first-order valence-electron chi connectivity index (χ1n) is 8.46. The summed E-state index contributed by atoms with van der Waals surface area (Å²) >= 11 is 0. The van der Waals surface area contributed by atoms with Crippen LogP contribution < -0.4 is 10.6 Å². The highest BCUT2D eigenvalue weighted by molar-refractivity contribution is 6.03. The number of nitrogens with zero attached hydrogens (tertiary/aromatic N) is 1. The zero-order chi connectivity index (χ0) is 16.8. The Balaban J connectivity index is 1.60. The van der Waals surface area contributed by atoms with Crippen LogP contribution in [0.15, 0.2) is 42.6 Å². The van der Waals surface area contributed by atoms with Gasteiger partial charge in [0.25, 0.3) is 5.91 Å². The zero-order valence-electron chi connectivity index (χ0n) is 13.9. The van der Waals surface area contributed by atoms with E-state index in [9.17, 15) is 4.79 Å². The van der Waals surface area contributed by atoms with Crippen molar-refractivity contribution < 1.29 is 9.53 Å². The van der Waals surface area contributed by atoms with Gasteiger partial charge in [-0.1, -0.05) is 19.1 Å². The Morgan fingerprint density at radius 1 is 1.25 bits per heavy atom. The van der Waals surface area contributed by atoms with Crippen LogP contribution in [0.25, 0.3) is 0 Å². The molecule has 126 valence electrons. The second-order valence-electron chi connectivity index (χ2n) is 5.95. The maximum absolute atomic E-state index is 12.4. The number of nitrogens with one attached hydrogen (secondary N) is 2. The summed E-state index contributed by atoms with van der Waals surface area (Å²) in [5.41, 5.74) is 3.29. The molecule has 1 atom stereocenters. The highest BCUT2D eigenvalue weighted by atomic mass is 16.5. The summed E-state index contributed by atoms with van der Waals surface area (Å²) in [7, 11) is 0. The van der Waals surface area contributed by atoms with Crippen molar-refractivity contribution >= 4 is 17.3 Å². The molecule has 24 heavy (non-hydrogen) atoms. The zero-order valence-corrected chi connectivity index (χ0v) is 13.9. The SMILES string of the molecule is CCc1ccc(NC(=O)c2cc(NCC3CCCO3)ccn2)cc1. The number of aromatic nitrogens is 1. The predicted molar refractivity (Wildman–Crippen MR) is 95.5 cm³/mol. The second-order valence-corrected chi connectivity index (χ2v) is 5.95. The Labute approximate surface area is 142 Å². The highest BCUT2D eigenvalue weighted by Gasteiger charge is 2.15. The van der Waals surface area contributed by atoms with Gasteiger partial charge in [0, 0.05) is 30.7 Å². The number of aryl methyl sites for hydroxylation is 1. The number of ether oxygens (including phenoxy) is 1. The summed E-state index contributed by atoms with van der Waals surface area (Å²) < 4.78 is 5.59. The average Bonchev–Trinajstić information content (AvgIpc) is 3.14. The van der Waals surface area contributed by atoms with E-state index in [1.165, 1.54) is 5.56 Å². The maximum atomic E-state index is 12.4. The number of benzene rings is 1. The lowest BCUT2D eigenvalue weighted by Gasteiger charge is -2.12. The van der Waals surface area contributed by atoms with Gasteiger partial charge in [0.15, 0.2) is 0 Å². The molecule has 3 rings (SSSR count). The number of carbonyl (C=O) groups is 1. The van der Waals surface area contributed by atoms with Crippen LogP contribution in [0.3, 0.4) is 0 Å². The molecule has 0 aliphatic carbocycles. The van der Waals surface area contributed by atoms with E-state index in [4.69, 9.17) is 4.74 Å². The van der Waals surface area contributed by atoms with Gasteiger partial charge in [-0.15, -0.1) is 0 Å². The predicted octanol–water partition coefficient (Wildman–Crippen LogP) is 3.49. The number of amides is 1. The molecule has 1 aromatic heterocycles. The normalized spacial score (nSPS) is 16.8. The Morgan fingerprint density at radius 3 is 2.79 bits per heavy atom. The van der Waals surface area contributed by atoms with Gasteiger partial charge in [0.2, 0.25) is 0 Å². The van der Waals surface area contributed by atoms with Gasteiger partial charge < -0.3 is 15.4 Å². The van der Waals surface area contributed by atoms with Gasteiger partial charge in [-0.3, -0.25) is 9.78 Å². The average molecular weight is 325 g/mol. The Kier molecular flexibility index (Phi) is 5.43. The van der Waals surface area contributed by atoms with E-state index in [0.29, 0.717) is 5.69 Å². The van der Waals surface area contributed by atoms with Gasteiger partial charge in [0.05, 0.1) is 6.10 Å². The smallest absolute Gasteiger partial charge is 0.274 e. The van der Waals surface area contributed by atoms with Crippen molar-refractivity contribution in [1.29, 1.82) is 0 Å². The molecule has 1 aliphatic heterocycles. The Hall–Kier alpha value is -2.40. The van der Waals surface area contributed by atoms with E-state index in [-0.39, 0.29) is 12.0 Å². The quantitative estimate of drug-likeness (QED) is 0.853. The maximum Gasteiger partial charge on any atom is 0.274 e. The van der Waals surface area contributed by atoms with Gasteiger partial charge in [-0.25, -0.2) is 0 Å². The Bertz CT molecular complexity index is 679. The van der Waals surface area contributed by atoms with E-state index >= 15 is 0 Å². The number of carbonyl (C=O) groups excluding carboxylic acids is 1. The van der Waals surface area contributed by atoms with Crippen LogP contribution in [-0.2, 0) is 11.2 Å². The molecule has 0 spiro atoms. The van der Waals surface area contributed by atoms with Gasteiger partial charge in [-0.05, 0) is 49.1 Å². The number of anilines is 2. The summed E-state index contributed by atoms with van der Waals surface area (Å²) in [6, 6.07) is 11.5. The van der Waals surface area contributed by atoms with Crippen molar-refractivity contribution in [2.75, 3.05) is 23.8 Å². The molecule has 1 unspecified atom stereocenters. The second kappa shape index (κ2) is 7.93. The van der Waals surface area contributed by atoms with E-state index in [1.54, 1.807) is 12.3 Å². The molecule has 0 bridgehead atoms. The van der Waals surface area contributed by atoms with Crippen LogP contribution in [0.2, 0.25) is 0 Å². The molecule has 5 heteroatoms. The third-order valence-electron chi connectivity index (χ3n) is 4.17. The van der Waals surface area contributed by atoms with Crippen LogP contribution in [0, 0.1) is 0 Å². The Morgan fingerprint density at radius 2 is 2.08 bits per heavy atom. The molecular weight excluding hydrogens is 302 g/mol. The first kappa shape index (κ1) is 16.5. The van der Waals surface area contributed by atoms with Crippen LogP contribution in [0.1, 0.15) is 35.8 Å². The van der Waals surface area contributed by atoms with E-state index in [0.717, 1.165) is 43.8 Å². The minimum Gasteiger partial charge on any atom is -0.382 e. The van der Waals surface area contributed by atoms with Crippen LogP contribution in [-0.4, -0.2) is 30.1 Å². The first-order chi connectivity index (χ1) is 11.7.